The quantitative estimate of drug-likeness (QED) is 0.0670. The minimum atomic E-state index is -4.39. The average molecular weight is 502 g/mol. The number of hydrogen-bond acceptors (Lipinski definition) is 10. The lowest BCUT2D eigenvalue weighted by molar-refractivity contribution is 0.0250. The lowest BCUT2D eigenvalue weighted by Gasteiger charge is -2.39. The normalized spacial score (nSPS) is 22.4. The molecule has 10 N–H and O–H groups in total. The SMILES string of the molecule is N=N/N=C(\N)c1c(N2CCC(O)(CN)CC2)ccc([S+]([O-])CN[C@@H]2CCNC2)c1S(N)(=O)=O. The third kappa shape index (κ3) is 5.99. The van der Waals surface area contributed by atoms with Gasteiger partial charge in [0, 0.05) is 49.1 Å². The molecule has 0 saturated carbocycles. The van der Waals surface area contributed by atoms with Gasteiger partial charge < -0.3 is 31.3 Å². The van der Waals surface area contributed by atoms with E-state index in [2.05, 4.69) is 21.0 Å². The molecule has 2 atom stereocenters. The van der Waals surface area contributed by atoms with Gasteiger partial charge in [0.1, 0.15) is 4.90 Å². The van der Waals surface area contributed by atoms with E-state index in [0.29, 0.717) is 31.6 Å². The molecule has 2 fully saturated rings. The molecule has 0 bridgehead atoms. The van der Waals surface area contributed by atoms with Gasteiger partial charge in [-0.25, -0.2) is 13.6 Å². The molecule has 184 valence electrons. The summed E-state index contributed by atoms with van der Waals surface area (Å²) in [5.74, 6) is -0.309. The van der Waals surface area contributed by atoms with Crippen LogP contribution in [0.3, 0.4) is 0 Å². The van der Waals surface area contributed by atoms with Gasteiger partial charge in [-0.1, -0.05) is 5.22 Å². The van der Waals surface area contributed by atoms with E-state index in [4.69, 9.17) is 22.1 Å². The molecular weight excluding hydrogens is 470 g/mol. The maximum absolute atomic E-state index is 13.1. The lowest BCUT2D eigenvalue weighted by Crippen LogP contribution is -2.49. The highest BCUT2D eigenvalue weighted by atomic mass is 32.2. The Labute approximate surface area is 195 Å². The van der Waals surface area contributed by atoms with Crippen LogP contribution in [0.2, 0.25) is 0 Å². The van der Waals surface area contributed by atoms with Crippen LogP contribution >= 0.6 is 0 Å². The van der Waals surface area contributed by atoms with Crippen molar-refractivity contribution in [3.63, 3.8) is 0 Å². The van der Waals surface area contributed by atoms with Crippen molar-refractivity contribution in [2.24, 2.45) is 26.9 Å². The zero-order valence-electron chi connectivity index (χ0n) is 18.2. The van der Waals surface area contributed by atoms with E-state index in [0.717, 1.165) is 19.5 Å². The van der Waals surface area contributed by atoms with Gasteiger partial charge in [-0.15, -0.1) is 5.10 Å². The van der Waals surface area contributed by atoms with Gasteiger partial charge >= 0.3 is 0 Å². The van der Waals surface area contributed by atoms with Gasteiger partial charge in [0.05, 0.1) is 11.2 Å². The van der Waals surface area contributed by atoms with Gasteiger partial charge in [0.15, 0.2) is 16.6 Å². The number of piperidine rings is 1. The van der Waals surface area contributed by atoms with E-state index >= 15 is 0 Å². The molecule has 0 aromatic heterocycles. The Hall–Kier alpha value is -1.85. The van der Waals surface area contributed by atoms with E-state index < -0.39 is 31.7 Å². The summed E-state index contributed by atoms with van der Waals surface area (Å²) in [5.41, 5.74) is 18.1. The summed E-state index contributed by atoms with van der Waals surface area (Å²) in [6.07, 6.45) is 1.60. The summed E-state index contributed by atoms with van der Waals surface area (Å²) >= 11 is -1.76. The first-order valence-corrected chi connectivity index (χ1v) is 13.4. The Morgan fingerprint density at radius 1 is 1.42 bits per heavy atom. The zero-order valence-corrected chi connectivity index (χ0v) is 19.8. The van der Waals surface area contributed by atoms with Crippen molar-refractivity contribution in [2.75, 3.05) is 43.5 Å². The van der Waals surface area contributed by atoms with Gasteiger partial charge in [-0.3, -0.25) is 5.32 Å². The van der Waals surface area contributed by atoms with Crippen molar-refractivity contribution < 1.29 is 18.1 Å². The monoisotopic (exact) mass is 501 g/mol. The van der Waals surface area contributed by atoms with Crippen LogP contribution in [0.15, 0.2) is 32.2 Å². The second-order valence-electron chi connectivity index (χ2n) is 8.22. The van der Waals surface area contributed by atoms with Crippen LogP contribution in [0.4, 0.5) is 5.69 Å². The van der Waals surface area contributed by atoms with E-state index in [1.54, 1.807) is 6.07 Å². The molecule has 1 aromatic carbocycles. The number of rotatable bonds is 9. The average Bonchev–Trinajstić information content (AvgIpc) is 3.30. The maximum atomic E-state index is 13.1. The number of anilines is 1. The summed E-state index contributed by atoms with van der Waals surface area (Å²) in [6, 6.07) is 3.19. The van der Waals surface area contributed by atoms with Crippen LogP contribution in [0.25, 0.3) is 0 Å². The number of nitrogens with zero attached hydrogens (tertiary/aromatic N) is 3. The Morgan fingerprint density at radius 2 is 2.12 bits per heavy atom. The number of sulfonamides is 1. The van der Waals surface area contributed by atoms with Gasteiger partial charge in [0.25, 0.3) is 0 Å². The van der Waals surface area contributed by atoms with Gasteiger partial charge in [-0.2, -0.15) is 5.53 Å². The second-order valence-corrected chi connectivity index (χ2v) is 11.1. The number of primary sulfonamides is 1. The topological polar surface area (TPSA) is 231 Å². The highest BCUT2D eigenvalue weighted by molar-refractivity contribution is 7.93. The molecule has 1 unspecified atom stereocenters. The summed E-state index contributed by atoms with van der Waals surface area (Å²) in [4.78, 5) is 1.41. The summed E-state index contributed by atoms with van der Waals surface area (Å²) in [7, 11) is -4.39. The third-order valence-electron chi connectivity index (χ3n) is 6.02. The molecule has 0 radical (unpaired) electrons. The molecule has 0 spiro atoms. The summed E-state index contributed by atoms with van der Waals surface area (Å²) in [6.45, 7) is 2.44. The highest BCUT2D eigenvalue weighted by Gasteiger charge is 2.36. The Kier molecular flexibility index (Phi) is 8.28. The molecular formula is C18H31N9O4S2. The molecule has 1 aromatic rings. The first kappa shape index (κ1) is 25.8. The first-order valence-electron chi connectivity index (χ1n) is 10.5. The third-order valence-corrected chi connectivity index (χ3v) is 8.40. The van der Waals surface area contributed by atoms with Crippen molar-refractivity contribution >= 4 is 32.7 Å². The Balaban J connectivity index is 2.04. The number of hydrogen-bond donors (Lipinski definition) is 7. The van der Waals surface area contributed by atoms with Crippen molar-refractivity contribution in [1.29, 1.82) is 5.53 Å². The van der Waals surface area contributed by atoms with E-state index in [1.165, 1.54) is 6.07 Å². The lowest BCUT2D eigenvalue weighted by atomic mass is 9.91. The standard InChI is InChI=1S/C18H31N9O4S2/c19-10-18(28)4-7-27(8-5-18)13-1-2-14(32(29)11-24-12-3-6-23-9-12)16(33(22,30)31)15(13)17(20)25-26-21/h1-2,12,23-24,28H,3-11,19H2,(H3,20,21,25)(H2,22,30,31)/t12-,32?/m1/s1. The minimum Gasteiger partial charge on any atom is -0.610 e. The number of aliphatic hydroxyl groups is 1. The minimum absolute atomic E-state index is 0.00620. The summed E-state index contributed by atoms with van der Waals surface area (Å²) < 4.78 is 38.5. The second kappa shape index (κ2) is 10.6. The van der Waals surface area contributed by atoms with Gasteiger partial charge in [-0.05, 0) is 37.9 Å². The smallest absolute Gasteiger partial charge is 0.243 e. The van der Waals surface area contributed by atoms with Crippen molar-refractivity contribution in [3.8, 4) is 0 Å². The molecule has 2 aliphatic rings. The van der Waals surface area contributed by atoms with Crippen molar-refractivity contribution in [3.05, 3.63) is 17.7 Å². The molecule has 2 saturated heterocycles. The fraction of sp³-hybridized carbons (Fsp3) is 0.611. The number of benzene rings is 1. The van der Waals surface area contributed by atoms with Crippen LogP contribution in [0, 0.1) is 5.53 Å². The number of nitrogens with one attached hydrogen (secondary N) is 3. The fourth-order valence-corrected chi connectivity index (χ4v) is 6.64. The first-order chi connectivity index (χ1) is 15.6. The van der Waals surface area contributed by atoms with Crippen LogP contribution in [-0.2, 0) is 21.2 Å². The predicted molar refractivity (Wildman–Crippen MR) is 125 cm³/mol. The Bertz CT molecular complexity index is 991. The number of nitrogens with two attached hydrogens (primary N) is 3. The summed E-state index contributed by atoms with van der Waals surface area (Å²) in [5, 5.41) is 28.8. The molecule has 2 heterocycles. The zero-order chi connectivity index (χ0) is 24.2. The highest BCUT2D eigenvalue weighted by Crippen LogP contribution is 2.35. The van der Waals surface area contributed by atoms with Crippen LogP contribution < -0.4 is 32.1 Å². The van der Waals surface area contributed by atoms with E-state index in [-0.39, 0.29) is 34.8 Å². The molecule has 15 heteroatoms. The Morgan fingerprint density at radius 3 is 2.67 bits per heavy atom. The van der Waals surface area contributed by atoms with E-state index in [1.807, 2.05) is 4.90 Å². The van der Waals surface area contributed by atoms with Gasteiger partial charge in [0.2, 0.25) is 10.0 Å². The molecule has 13 nitrogen and oxygen atoms in total. The molecule has 0 amide bonds. The molecule has 2 aliphatic heterocycles. The molecule has 3 rings (SSSR count). The van der Waals surface area contributed by atoms with E-state index in [9.17, 15) is 18.1 Å². The largest absolute Gasteiger partial charge is 0.610 e. The molecule has 33 heavy (non-hydrogen) atoms. The van der Waals surface area contributed by atoms with Crippen molar-refractivity contribution in [1.82, 2.24) is 10.6 Å². The van der Waals surface area contributed by atoms with Crippen LogP contribution in [0.5, 0.6) is 0 Å². The van der Waals surface area contributed by atoms with Crippen LogP contribution in [0.1, 0.15) is 24.8 Å². The fourth-order valence-electron chi connectivity index (χ4n) is 4.10. The molecule has 0 aliphatic carbocycles. The predicted octanol–water partition coefficient (Wildman–Crippen LogP) is -1.71. The van der Waals surface area contributed by atoms with Crippen molar-refractivity contribution in [2.45, 2.75) is 40.7 Å². The maximum Gasteiger partial charge on any atom is 0.243 e. The number of amidine groups is 1. The van der Waals surface area contributed by atoms with Crippen LogP contribution in [-0.4, -0.2) is 74.2 Å².